The lowest BCUT2D eigenvalue weighted by atomic mass is 9.97. The van der Waals surface area contributed by atoms with E-state index in [4.69, 9.17) is 0 Å². The van der Waals surface area contributed by atoms with E-state index in [1.807, 2.05) is 13.1 Å². The number of aromatic nitrogens is 2. The number of nitrogens with zero attached hydrogens (tertiary/aromatic N) is 4. The first-order valence-electron chi connectivity index (χ1n) is 7.46. The summed E-state index contributed by atoms with van der Waals surface area (Å²) in [6.07, 6.45) is 5.98. The lowest BCUT2D eigenvalue weighted by molar-refractivity contribution is 0.0872. The largest absolute Gasteiger partial charge is 0.352 e. The van der Waals surface area contributed by atoms with Crippen LogP contribution in [0.25, 0.3) is 0 Å². The van der Waals surface area contributed by atoms with Crippen molar-refractivity contribution >= 4 is 5.82 Å². The van der Waals surface area contributed by atoms with Gasteiger partial charge in [0.15, 0.2) is 0 Å². The van der Waals surface area contributed by atoms with Crippen molar-refractivity contribution < 1.29 is 0 Å². The van der Waals surface area contributed by atoms with Gasteiger partial charge in [-0.2, -0.15) is 0 Å². The van der Waals surface area contributed by atoms with Gasteiger partial charge in [0.25, 0.3) is 0 Å². The van der Waals surface area contributed by atoms with Crippen LogP contribution < -0.4 is 4.90 Å². The average molecular weight is 260 g/mol. The second-order valence-corrected chi connectivity index (χ2v) is 6.06. The van der Waals surface area contributed by atoms with Crippen LogP contribution in [0.4, 0.5) is 5.82 Å². The van der Waals surface area contributed by atoms with E-state index in [0.717, 1.165) is 42.4 Å². The van der Waals surface area contributed by atoms with Crippen LogP contribution in [0.1, 0.15) is 37.6 Å². The molecule has 104 valence electrons. The molecule has 0 spiro atoms. The highest BCUT2D eigenvalue weighted by Gasteiger charge is 2.36. The van der Waals surface area contributed by atoms with Gasteiger partial charge in [0, 0.05) is 31.4 Å². The molecule has 0 aliphatic carbocycles. The molecule has 3 rings (SSSR count). The number of anilines is 1. The standard InChI is InChI=1S/C15H24N4/c1-11-8-16-13(3)15(17-11)18-9-14(10-18)19-7-5-4-6-12(19)2/h8,12,14H,4-7,9-10H2,1-3H3/t12-/m0/s1. The van der Waals surface area contributed by atoms with E-state index in [1.165, 1.54) is 25.8 Å². The molecule has 19 heavy (non-hydrogen) atoms. The molecular formula is C15H24N4. The number of aryl methyl sites for hydroxylation is 2. The van der Waals surface area contributed by atoms with Crippen molar-refractivity contribution in [2.24, 2.45) is 0 Å². The summed E-state index contributed by atoms with van der Waals surface area (Å²) in [5, 5.41) is 0. The van der Waals surface area contributed by atoms with E-state index in [1.54, 1.807) is 0 Å². The van der Waals surface area contributed by atoms with Gasteiger partial charge in [0.1, 0.15) is 5.82 Å². The van der Waals surface area contributed by atoms with Gasteiger partial charge in [-0.1, -0.05) is 6.42 Å². The van der Waals surface area contributed by atoms with Crippen molar-refractivity contribution in [3.63, 3.8) is 0 Å². The zero-order chi connectivity index (χ0) is 13.4. The molecule has 3 heterocycles. The highest BCUT2D eigenvalue weighted by Crippen LogP contribution is 2.28. The summed E-state index contributed by atoms with van der Waals surface area (Å²) >= 11 is 0. The second kappa shape index (κ2) is 5.08. The van der Waals surface area contributed by atoms with Crippen molar-refractivity contribution in [1.29, 1.82) is 0 Å². The molecule has 2 aliphatic heterocycles. The smallest absolute Gasteiger partial charge is 0.150 e. The van der Waals surface area contributed by atoms with E-state index in [0.29, 0.717) is 0 Å². The van der Waals surface area contributed by atoms with Crippen molar-refractivity contribution in [2.75, 3.05) is 24.5 Å². The van der Waals surface area contributed by atoms with Crippen LogP contribution >= 0.6 is 0 Å². The third-order valence-electron chi connectivity index (χ3n) is 4.54. The number of rotatable bonds is 2. The van der Waals surface area contributed by atoms with Crippen molar-refractivity contribution in [1.82, 2.24) is 14.9 Å². The van der Waals surface area contributed by atoms with Crippen LogP contribution in [-0.2, 0) is 0 Å². The Kier molecular flexibility index (Phi) is 3.44. The normalized spacial score (nSPS) is 25.4. The third kappa shape index (κ3) is 2.46. The molecule has 1 aromatic rings. The number of hydrogen-bond acceptors (Lipinski definition) is 4. The maximum Gasteiger partial charge on any atom is 0.150 e. The predicted octanol–water partition coefficient (Wildman–Crippen LogP) is 2.16. The summed E-state index contributed by atoms with van der Waals surface area (Å²) in [7, 11) is 0. The fourth-order valence-corrected chi connectivity index (χ4v) is 3.33. The van der Waals surface area contributed by atoms with E-state index in [2.05, 4.69) is 33.6 Å². The van der Waals surface area contributed by atoms with Crippen molar-refractivity contribution in [2.45, 2.75) is 52.1 Å². The van der Waals surface area contributed by atoms with Crippen LogP contribution in [0, 0.1) is 13.8 Å². The minimum atomic E-state index is 0.719. The Morgan fingerprint density at radius 1 is 1.21 bits per heavy atom. The molecule has 4 heteroatoms. The fraction of sp³-hybridized carbons (Fsp3) is 0.733. The molecule has 4 nitrogen and oxygen atoms in total. The maximum absolute atomic E-state index is 4.64. The Morgan fingerprint density at radius 3 is 2.74 bits per heavy atom. The molecule has 0 aromatic carbocycles. The van der Waals surface area contributed by atoms with Crippen LogP contribution in [0.5, 0.6) is 0 Å². The zero-order valence-electron chi connectivity index (χ0n) is 12.3. The van der Waals surface area contributed by atoms with Crippen LogP contribution in [-0.4, -0.2) is 46.6 Å². The summed E-state index contributed by atoms with van der Waals surface area (Å²) in [5.74, 6) is 1.08. The Balaban J connectivity index is 1.64. The molecule has 0 unspecified atom stereocenters. The van der Waals surface area contributed by atoms with Gasteiger partial charge in [-0.3, -0.25) is 9.88 Å². The summed E-state index contributed by atoms with van der Waals surface area (Å²) in [6, 6.07) is 1.47. The van der Waals surface area contributed by atoms with Crippen LogP contribution in [0.3, 0.4) is 0 Å². The molecule has 2 saturated heterocycles. The highest BCUT2D eigenvalue weighted by molar-refractivity contribution is 5.46. The van der Waals surface area contributed by atoms with Gasteiger partial charge in [-0.15, -0.1) is 0 Å². The molecule has 0 radical (unpaired) electrons. The average Bonchev–Trinajstić information content (AvgIpc) is 2.34. The minimum Gasteiger partial charge on any atom is -0.352 e. The molecule has 0 bridgehead atoms. The SMILES string of the molecule is Cc1cnc(C)c(N2CC(N3CCCC[C@@H]3C)C2)n1. The van der Waals surface area contributed by atoms with Crippen LogP contribution in [0.2, 0.25) is 0 Å². The lowest BCUT2D eigenvalue weighted by Crippen LogP contribution is -2.62. The molecular weight excluding hydrogens is 236 g/mol. The second-order valence-electron chi connectivity index (χ2n) is 6.06. The molecule has 2 fully saturated rings. The zero-order valence-corrected chi connectivity index (χ0v) is 12.3. The van der Waals surface area contributed by atoms with E-state index in [-0.39, 0.29) is 0 Å². The Labute approximate surface area is 115 Å². The molecule has 0 N–H and O–H groups in total. The first kappa shape index (κ1) is 12.9. The summed E-state index contributed by atoms with van der Waals surface area (Å²) in [6.45, 7) is 9.95. The molecule has 0 amide bonds. The minimum absolute atomic E-state index is 0.719. The third-order valence-corrected chi connectivity index (χ3v) is 4.54. The van der Waals surface area contributed by atoms with Gasteiger partial charge in [-0.25, -0.2) is 4.98 Å². The Bertz CT molecular complexity index is 453. The Hall–Kier alpha value is -1.16. The molecule has 1 aromatic heterocycles. The quantitative estimate of drug-likeness (QED) is 0.815. The Morgan fingerprint density at radius 2 is 2.00 bits per heavy atom. The monoisotopic (exact) mass is 260 g/mol. The van der Waals surface area contributed by atoms with E-state index in [9.17, 15) is 0 Å². The van der Waals surface area contributed by atoms with Crippen LogP contribution in [0.15, 0.2) is 6.20 Å². The van der Waals surface area contributed by atoms with Crippen molar-refractivity contribution in [3.8, 4) is 0 Å². The fourth-order valence-electron chi connectivity index (χ4n) is 3.33. The van der Waals surface area contributed by atoms with Gasteiger partial charge < -0.3 is 4.90 Å². The number of piperidine rings is 1. The van der Waals surface area contributed by atoms with Gasteiger partial charge in [0.2, 0.25) is 0 Å². The number of hydrogen-bond donors (Lipinski definition) is 0. The molecule has 2 aliphatic rings. The van der Waals surface area contributed by atoms with Gasteiger partial charge in [0.05, 0.1) is 11.4 Å². The predicted molar refractivity (Wildman–Crippen MR) is 77.5 cm³/mol. The summed E-state index contributed by atoms with van der Waals surface area (Å²) < 4.78 is 0. The summed E-state index contributed by atoms with van der Waals surface area (Å²) in [4.78, 5) is 14.1. The van der Waals surface area contributed by atoms with E-state index < -0.39 is 0 Å². The van der Waals surface area contributed by atoms with Gasteiger partial charge >= 0.3 is 0 Å². The summed E-state index contributed by atoms with van der Waals surface area (Å²) in [5.41, 5.74) is 2.06. The number of likely N-dealkylation sites (tertiary alicyclic amines) is 1. The molecule has 0 saturated carbocycles. The maximum atomic E-state index is 4.64. The molecule has 1 atom stereocenters. The van der Waals surface area contributed by atoms with Crippen molar-refractivity contribution in [3.05, 3.63) is 17.6 Å². The highest BCUT2D eigenvalue weighted by atomic mass is 15.3. The first-order chi connectivity index (χ1) is 9.15. The first-order valence-corrected chi connectivity index (χ1v) is 7.46. The van der Waals surface area contributed by atoms with E-state index >= 15 is 0 Å². The topological polar surface area (TPSA) is 32.3 Å². The lowest BCUT2D eigenvalue weighted by Gasteiger charge is -2.49. The van der Waals surface area contributed by atoms with Gasteiger partial charge in [-0.05, 0) is 40.2 Å².